The van der Waals surface area contributed by atoms with Crippen molar-refractivity contribution in [1.29, 1.82) is 0 Å². The van der Waals surface area contributed by atoms with Crippen LogP contribution < -0.4 is 9.62 Å². The number of hydrogen-bond acceptors (Lipinski definition) is 3. The maximum Gasteiger partial charge on any atom is 0.240 e. The summed E-state index contributed by atoms with van der Waals surface area (Å²) in [6.07, 6.45) is 0. The monoisotopic (exact) mass is 271 g/mol. The molecule has 18 heavy (non-hydrogen) atoms. The van der Waals surface area contributed by atoms with Crippen molar-refractivity contribution in [2.75, 3.05) is 39.4 Å². The second-order valence-electron chi connectivity index (χ2n) is 4.32. The van der Waals surface area contributed by atoms with E-state index in [1.807, 2.05) is 0 Å². The molecule has 0 spiro atoms. The third-order valence-electron chi connectivity index (χ3n) is 3.02. The van der Waals surface area contributed by atoms with Gasteiger partial charge in [0, 0.05) is 0 Å². The zero-order valence-corrected chi connectivity index (χ0v) is 11.1. The van der Waals surface area contributed by atoms with E-state index in [4.69, 9.17) is 4.74 Å². The first-order valence-electron chi connectivity index (χ1n) is 6.14. The molecule has 1 fully saturated rings. The lowest BCUT2D eigenvalue weighted by Gasteiger charge is -2.23. The van der Waals surface area contributed by atoms with Crippen LogP contribution in [0.5, 0.6) is 0 Å². The maximum atomic E-state index is 11.9. The third kappa shape index (κ3) is 3.78. The van der Waals surface area contributed by atoms with Gasteiger partial charge in [-0.3, -0.25) is 0 Å². The van der Waals surface area contributed by atoms with Crippen molar-refractivity contribution in [3.8, 4) is 0 Å². The van der Waals surface area contributed by atoms with E-state index in [-0.39, 0.29) is 0 Å². The smallest absolute Gasteiger partial charge is 0.240 e. The third-order valence-corrected chi connectivity index (χ3v) is 4.50. The number of hydrogen-bond donors (Lipinski definition) is 2. The number of quaternary nitrogens is 1. The van der Waals surface area contributed by atoms with Crippen molar-refractivity contribution >= 4 is 10.0 Å². The fraction of sp³-hybridized carbons (Fsp3) is 0.500. The van der Waals surface area contributed by atoms with Gasteiger partial charge in [0.25, 0.3) is 0 Å². The molecule has 2 N–H and O–H groups in total. The van der Waals surface area contributed by atoms with Gasteiger partial charge in [-0.1, -0.05) is 18.2 Å². The Morgan fingerprint density at radius 1 is 1.17 bits per heavy atom. The first-order chi connectivity index (χ1) is 8.68. The number of rotatable bonds is 5. The van der Waals surface area contributed by atoms with Crippen LogP contribution in [0.1, 0.15) is 0 Å². The van der Waals surface area contributed by atoms with E-state index in [2.05, 4.69) is 4.72 Å². The average Bonchev–Trinajstić information content (AvgIpc) is 2.41. The minimum absolute atomic E-state index is 0.321. The maximum absolute atomic E-state index is 11.9. The Morgan fingerprint density at radius 2 is 1.83 bits per heavy atom. The highest BCUT2D eigenvalue weighted by molar-refractivity contribution is 7.89. The molecule has 1 aliphatic heterocycles. The molecule has 1 heterocycles. The average molecular weight is 271 g/mol. The van der Waals surface area contributed by atoms with Crippen LogP contribution in [0.4, 0.5) is 0 Å². The zero-order chi connectivity index (χ0) is 12.8. The number of sulfonamides is 1. The molecular weight excluding hydrogens is 252 g/mol. The van der Waals surface area contributed by atoms with Gasteiger partial charge in [-0.05, 0) is 12.1 Å². The van der Waals surface area contributed by atoms with E-state index in [1.54, 1.807) is 30.3 Å². The molecule has 0 aliphatic carbocycles. The van der Waals surface area contributed by atoms with Gasteiger partial charge in [-0.2, -0.15) is 0 Å². The number of nitrogens with one attached hydrogen (secondary N) is 2. The van der Waals surface area contributed by atoms with E-state index in [1.165, 1.54) is 4.90 Å². The summed E-state index contributed by atoms with van der Waals surface area (Å²) in [4.78, 5) is 1.71. The molecule has 1 aromatic carbocycles. The van der Waals surface area contributed by atoms with Crippen molar-refractivity contribution < 1.29 is 18.1 Å². The van der Waals surface area contributed by atoms with Gasteiger partial charge in [0.05, 0.1) is 31.2 Å². The van der Waals surface area contributed by atoms with Gasteiger partial charge < -0.3 is 9.64 Å². The van der Waals surface area contributed by atoms with Gasteiger partial charge in [0.15, 0.2) is 0 Å². The SMILES string of the molecule is O=S(=O)(NCC[NH+]1CCOCC1)c1ccccc1. The molecule has 1 aromatic rings. The predicted molar refractivity (Wildman–Crippen MR) is 68.0 cm³/mol. The first kappa shape index (κ1) is 13.5. The van der Waals surface area contributed by atoms with Crippen LogP contribution in [0.25, 0.3) is 0 Å². The molecule has 0 saturated carbocycles. The lowest BCUT2D eigenvalue weighted by atomic mass is 10.4. The lowest BCUT2D eigenvalue weighted by Crippen LogP contribution is -3.14. The number of morpholine rings is 1. The second kappa shape index (κ2) is 6.29. The molecule has 6 heteroatoms. The molecule has 0 atom stereocenters. The van der Waals surface area contributed by atoms with Crippen LogP contribution in [0, 0.1) is 0 Å². The van der Waals surface area contributed by atoms with Crippen LogP contribution in [-0.4, -0.2) is 47.8 Å². The molecule has 1 aliphatic rings. The number of benzene rings is 1. The molecule has 2 rings (SSSR count). The molecule has 0 radical (unpaired) electrons. The van der Waals surface area contributed by atoms with Crippen molar-refractivity contribution in [3.05, 3.63) is 30.3 Å². The van der Waals surface area contributed by atoms with Gasteiger partial charge in [-0.15, -0.1) is 0 Å². The zero-order valence-electron chi connectivity index (χ0n) is 10.3. The van der Waals surface area contributed by atoms with Crippen LogP contribution in [0.3, 0.4) is 0 Å². The van der Waals surface area contributed by atoms with Crippen LogP contribution in [-0.2, 0) is 14.8 Å². The van der Waals surface area contributed by atoms with E-state index in [9.17, 15) is 8.42 Å². The highest BCUT2D eigenvalue weighted by Crippen LogP contribution is 2.05. The molecule has 0 amide bonds. The topological polar surface area (TPSA) is 59.8 Å². The molecule has 1 saturated heterocycles. The predicted octanol–water partition coefficient (Wildman–Crippen LogP) is -1.12. The fourth-order valence-corrected chi connectivity index (χ4v) is 3.01. The van der Waals surface area contributed by atoms with Crippen molar-refractivity contribution in [2.45, 2.75) is 4.90 Å². The standard InChI is InChI=1S/C12H18N2O3S/c15-18(16,12-4-2-1-3-5-12)13-6-7-14-8-10-17-11-9-14/h1-5,13H,6-11H2/p+1. The van der Waals surface area contributed by atoms with Crippen LogP contribution in [0.2, 0.25) is 0 Å². The van der Waals surface area contributed by atoms with Crippen LogP contribution >= 0.6 is 0 Å². The Hall–Kier alpha value is -0.950. The van der Waals surface area contributed by atoms with Crippen molar-refractivity contribution in [2.24, 2.45) is 0 Å². The summed E-state index contributed by atoms with van der Waals surface area (Å²) in [6, 6.07) is 8.45. The number of ether oxygens (including phenoxy) is 1. The Kier molecular flexibility index (Phi) is 4.71. The minimum Gasteiger partial charge on any atom is -0.370 e. The summed E-state index contributed by atoms with van der Waals surface area (Å²) < 4.78 is 31.7. The largest absolute Gasteiger partial charge is 0.370 e. The van der Waals surface area contributed by atoms with Crippen molar-refractivity contribution in [3.63, 3.8) is 0 Å². The van der Waals surface area contributed by atoms with Gasteiger partial charge >= 0.3 is 0 Å². The summed E-state index contributed by atoms with van der Waals surface area (Å²) >= 11 is 0. The molecule has 100 valence electrons. The highest BCUT2D eigenvalue weighted by Gasteiger charge is 2.16. The van der Waals surface area contributed by atoms with Gasteiger partial charge in [-0.25, -0.2) is 13.1 Å². The summed E-state index contributed by atoms with van der Waals surface area (Å²) in [5, 5.41) is 0. The summed E-state index contributed by atoms with van der Waals surface area (Å²) in [7, 11) is -3.36. The summed E-state index contributed by atoms with van der Waals surface area (Å²) in [5.74, 6) is 0. The minimum atomic E-state index is -3.36. The van der Waals surface area contributed by atoms with E-state index < -0.39 is 10.0 Å². The van der Waals surface area contributed by atoms with E-state index >= 15 is 0 Å². The second-order valence-corrected chi connectivity index (χ2v) is 6.09. The van der Waals surface area contributed by atoms with Gasteiger partial charge in [0.2, 0.25) is 10.0 Å². The molecular formula is C12H19N2O3S+. The Labute approximate surface area is 108 Å². The van der Waals surface area contributed by atoms with Crippen molar-refractivity contribution in [1.82, 2.24) is 4.72 Å². The summed E-state index contributed by atoms with van der Waals surface area (Å²) in [5.41, 5.74) is 0. The molecule has 0 unspecified atom stereocenters. The molecule has 0 aromatic heterocycles. The van der Waals surface area contributed by atoms with Crippen LogP contribution in [0.15, 0.2) is 35.2 Å². The Balaban J connectivity index is 1.82. The normalized spacial score (nSPS) is 17.8. The highest BCUT2D eigenvalue weighted by atomic mass is 32.2. The fourth-order valence-electron chi connectivity index (χ4n) is 1.96. The molecule has 5 nitrogen and oxygen atoms in total. The quantitative estimate of drug-likeness (QED) is 0.713. The lowest BCUT2D eigenvalue weighted by molar-refractivity contribution is -0.906. The van der Waals surface area contributed by atoms with Gasteiger partial charge in [0.1, 0.15) is 13.1 Å². The molecule has 0 bridgehead atoms. The summed E-state index contributed by atoms with van der Waals surface area (Å²) in [6.45, 7) is 4.70. The Bertz CT molecular complexity index is 455. The van der Waals surface area contributed by atoms with E-state index in [0.717, 1.165) is 32.8 Å². The first-order valence-corrected chi connectivity index (χ1v) is 7.63. The van der Waals surface area contributed by atoms with E-state index in [0.29, 0.717) is 11.4 Å². The Morgan fingerprint density at radius 3 is 2.50 bits per heavy atom.